The zero-order chi connectivity index (χ0) is 11.8. The fourth-order valence-corrected chi connectivity index (χ4v) is 2.40. The normalized spacial score (nSPS) is 11.9. The van der Waals surface area contributed by atoms with Crippen LogP contribution in [0.2, 0.25) is 0 Å². The van der Waals surface area contributed by atoms with Gasteiger partial charge in [0.1, 0.15) is 4.90 Å². The average Bonchev–Trinajstić information content (AvgIpc) is 2.26. The molecule has 2 aromatic rings. The third-order valence-corrected chi connectivity index (χ3v) is 3.24. The van der Waals surface area contributed by atoms with E-state index >= 15 is 0 Å². The van der Waals surface area contributed by atoms with Crippen LogP contribution in [-0.4, -0.2) is 18.1 Å². The lowest BCUT2D eigenvalue weighted by Crippen LogP contribution is -2.00. The summed E-state index contributed by atoms with van der Waals surface area (Å²) >= 11 is 0. The molecule has 0 spiro atoms. The molecule has 0 unspecified atom stereocenters. The van der Waals surface area contributed by atoms with E-state index in [9.17, 15) is 8.42 Å². The average molecular weight is 238 g/mol. The van der Waals surface area contributed by atoms with E-state index in [1.54, 1.807) is 30.3 Å². The second-order valence-corrected chi connectivity index (χ2v) is 4.84. The van der Waals surface area contributed by atoms with Gasteiger partial charge < -0.3 is 5.11 Å². The van der Waals surface area contributed by atoms with Crippen LogP contribution in [0.5, 0.6) is 0 Å². The largest absolute Gasteiger partial charge is 0.392 e. The number of hydrogen-bond acceptors (Lipinski definition) is 3. The second kappa shape index (κ2) is 3.86. The first-order valence-electron chi connectivity index (χ1n) is 4.62. The number of hydrogen-bond donors (Lipinski definition) is 2. The first-order chi connectivity index (χ1) is 7.52. The Hall–Kier alpha value is -1.43. The van der Waals surface area contributed by atoms with Gasteiger partial charge in [-0.05, 0) is 23.1 Å². The summed E-state index contributed by atoms with van der Waals surface area (Å²) in [6.45, 7) is -0.270. The van der Waals surface area contributed by atoms with E-state index in [2.05, 4.69) is 0 Å². The molecule has 2 N–H and O–H groups in total. The molecule has 0 atom stereocenters. The molecule has 0 heterocycles. The van der Waals surface area contributed by atoms with Crippen molar-refractivity contribution in [2.45, 2.75) is 11.5 Å². The van der Waals surface area contributed by atoms with Crippen molar-refractivity contribution in [2.75, 3.05) is 0 Å². The van der Waals surface area contributed by atoms with E-state index in [1.807, 2.05) is 0 Å². The highest BCUT2D eigenvalue weighted by atomic mass is 32.2. The predicted molar refractivity (Wildman–Crippen MR) is 59.7 cm³/mol. The van der Waals surface area contributed by atoms with Gasteiger partial charge in [0.05, 0.1) is 6.61 Å². The Morgan fingerprint density at radius 1 is 1.12 bits per heavy atom. The minimum absolute atomic E-state index is 0.172. The van der Waals surface area contributed by atoms with Crippen LogP contribution in [0, 0.1) is 0 Å². The van der Waals surface area contributed by atoms with Gasteiger partial charge in [0, 0.05) is 5.39 Å². The molecule has 0 saturated carbocycles. The number of rotatable bonds is 2. The van der Waals surface area contributed by atoms with Gasteiger partial charge >= 0.3 is 0 Å². The third kappa shape index (κ3) is 1.92. The highest BCUT2D eigenvalue weighted by Gasteiger charge is 2.14. The molecule has 5 heteroatoms. The molecule has 2 aromatic carbocycles. The summed E-state index contributed by atoms with van der Waals surface area (Å²) in [5.74, 6) is 0. The third-order valence-electron chi connectivity index (χ3n) is 2.34. The first kappa shape index (κ1) is 11.1. The fraction of sp³-hybridized carbons (Fsp3) is 0.0909. The maximum atomic E-state index is 11.2. The Balaban J connectivity index is 2.90. The quantitative estimate of drug-likeness (QED) is 0.779. The Kier molecular flexibility index (Phi) is 2.67. The van der Waals surface area contributed by atoms with Crippen molar-refractivity contribution in [1.29, 1.82) is 0 Å². The summed E-state index contributed by atoms with van der Waals surface area (Å²) in [5, 5.41) is 10.1. The van der Waals surface area contributed by atoms with E-state index < -0.39 is 10.1 Å². The summed E-state index contributed by atoms with van der Waals surface area (Å²) in [6.07, 6.45) is 0. The smallest absolute Gasteiger partial charge is 0.295 e. The minimum Gasteiger partial charge on any atom is -0.392 e. The first-order valence-corrected chi connectivity index (χ1v) is 6.06. The van der Waals surface area contributed by atoms with Crippen molar-refractivity contribution in [2.24, 2.45) is 0 Å². The molecule has 0 amide bonds. The van der Waals surface area contributed by atoms with Crippen LogP contribution in [0.3, 0.4) is 0 Å². The van der Waals surface area contributed by atoms with Crippen molar-refractivity contribution in [3.8, 4) is 0 Å². The monoisotopic (exact) mass is 238 g/mol. The van der Waals surface area contributed by atoms with E-state index in [0.717, 1.165) is 0 Å². The van der Waals surface area contributed by atoms with Gasteiger partial charge in [-0.1, -0.05) is 24.3 Å². The Morgan fingerprint density at radius 3 is 2.44 bits per heavy atom. The number of benzene rings is 2. The van der Waals surface area contributed by atoms with Gasteiger partial charge in [-0.2, -0.15) is 8.42 Å². The van der Waals surface area contributed by atoms with Crippen molar-refractivity contribution in [1.82, 2.24) is 0 Å². The van der Waals surface area contributed by atoms with E-state index in [4.69, 9.17) is 9.66 Å². The van der Waals surface area contributed by atoms with Crippen LogP contribution in [0.1, 0.15) is 5.56 Å². The van der Waals surface area contributed by atoms with E-state index in [1.165, 1.54) is 6.07 Å². The SMILES string of the molecule is O=S(=O)(O)c1cc(CO)cc2ccccc12. The van der Waals surface area contributed by atoms with Gasteiger partial charge in [0.15, 0.2) is 0 Å². The summed E-state index contributed by atoms with van der Waals surface area (Å²) in [5.41, 5.74) is 0.450. The Morgan fingerprint density at radius 2 is 1.81 bits per heavy atom. The lowest BCUT2D eigenvalue weighted by atomic mass is 10.1. The van der Waals surface area contributed by atoms with Gasteiger partial charge in [-0.25, -0.2) is 0 Å². The standard InChI is InChI=1S/C11H10O4S/c12-7-8-5-9-3-1-2-4-10(9)11(6-8)16(13,14)15/h1-6,12H,7H2,(H,13,14,15). The van der Waals surface area contributed by atoms with Gasteiger partial charge in [0.2, 0.25) is 0 Å². The van der Waals surface area contributed by atoms with Crippen molar-refractivity contribution < 1.29 is 18.1 Å². The van der Waals surface area contributed by atoms with Crippen molar-refractivity contribution in [3.63, 3.8) is 0 Å². The second-order valence-electron chi connectivity index (χ2n) is 3.45. The highest BCUT2D eigenvalue weighted by molar-refractivity contribution is 7.86. The van der Waals surface area contributed by atoms with Crippen molar-refractivity contribution >= 4 is 20.9 Å². The summed E-state index contributed by atoms with van der Waals surface area (Å²) in [6, 6.07) is 9.75. The molecule has 0 bridgehead atoms. The molecule has 0 fully saturated rings. The van der Waals surface area contributed by atoms with Crippen LogP contribution in [0.25, 0.3) is 10.8 Å². The predicted octanol–water partition coefficient (Wildman–Crippen LogP) is 1.58. The lowest BCUT2D eigenvalue weighted by molar-refractivity contribution is 0.281. The molecule has 2 rings (SSSR count). The van der Waals surface area contributed by atoms with Crippen LogP contribution < -0.4 is 0 Å². The molecular weight excluding hydrogens is 228 g/mol. The topological polar surface area (TPSA) is 74.6 Å². The molecule has 0 aliphatic heterocycles. The summed E-state index contributed by atoms with van der Waals surface area (Å²) < 4.78 is 31.5. The molecule has 0 saturated heterocycles. The molecule has 16 heavy (non-hydrogen) atoms. The van der Waals surface area contributed by atoms with Crippen LogP contribution in [-0.2, 0) is 16.7 Å². The molecular formula is C11H10O4S. The minimum atomic E-state index is -4.27. The molecule has 0 aromatic heterocycles. The highest BCUT2D eigenvalue weighted by Crippen LogP contribution is 2.24. The van der Waals surface area contributed by atoms with E-state index in [0.29, 0.717) is 16.3 Å². The maximum Gasteiger partial charge on any atom is 0.295 e. The fourth-order valence-electron chi connectivity index (χ4n) is 1.64. The molecule has 0 aliphatic rings. The van der Waals surface area contributed by atoms with Gasteiger partial charge in [-0.3, -0.25) is 4.55 Å². The number of aliphatic hydroxyl groups excluding tert-OH is 1. The Bertz CT molecular complexity index is 631. The maximum absolute atomic E-state index is 11.2. The van der Waals surface area contributed by atoms with Crippen LogP contribution >= 0.6 is 0 Å². The van der Waals surface area contributed by atoms with Crippen molar-refractivity contribution in [3.05, 3.63) is 42.0 Å². The van der Waals surface area contributed by atoms with Gasteiger partial charge in [0.25, 0.3) is 10.1 Å². The molecule has 84 valence electrons. The Labute approximate surface area is 92.9 Å². The number of aliphatic hydroxyl groups is 1. The summed E-state index contributed by atoms with van der Waals surface area (Å²) in [4.78, 5) is -0.172. The molecule has 0 radical (unpaired) electrons. The van der Waals surface area contributed by atoms with Crippen LogP contribution in [0.15, 0.2) is 41.3 Å². The lowest BCUT2D eigenvalue weighted by Gasteiger charge is -2.06. The zero-order valence-electron chi connectivity index (χ0n) is 8.29. The molecule has 0 aliphatic carbocycles. The zero-order valence-corrected chi connectivity index (χ0v) is 9.11. The van der Waals surface area contributed by atoms with E-state index in [-0.39, 0.29) is 11.5 Å². The van der Waals surface area contributed by atoms with Crippen LogP contribution in [0.4, 0.5) is 0 Å². The molecule has 4 nitrogen and oxygen atoms in total. The number of fused-ring (bicyclic) bond motifs is 1. The van der Waals surface area contributed by atoms with Gasteiger partial charge in [-0.15, -0.1) is 0 Å². The summed E-state index contributed by atoms with van der Waals surface area (Å²) in [7, 11) is -4.27.